The quantitative estimate of drug-likeness (QED) is 0.898. The number of carbonyl (C=O) groups is 2. The van der Waals surface area contributed by atoms with Crippen LogP contribution in [-0.2, 0) is 4.79 Å². The Kier molecular flexibility index (Phi) is 5.75. The van der Waals surface area contributed by atoms with Crippen LogP contribution >= 0.6 is 0 Å². The molecule has 1 aromatic rings. The van der Waals surface area contributed by atoms with Gasteiger partial charge in [-0.2, -0.15) is 0 Å². The van der Waals surface area contributed by atoms with Crippen molar-refractivity contribution in [2.75, 3.05) is 0 Å². The molecule has 0 aliphatic heterocycles. The van der Waals surface area contributed by atoms with Crippen LogP contribution < -0.4 is 15.4 Å². The highest BCUT2D eigenvalue weighted by Crippen LogP contribution is 2.18. The zero-order chi connectivity index (χ0) is 15.9. The average molecular weight is 308 g/mol. The minimum absolute atomic E-state index is 0.0159. The molecule has 1 fully saturated rings. The molecule has 6 heteroatoms. The topological polar surface area (TPSA) is 67.4 Å². The van der Waals surface area contributed by atoms with Crippen LogP contribution in [-0.4, -0.2) is 24.1 Å². The van der Waals surface area contributed by atoms with Crippen molar-refractivity contribution in [1.29, 1.82) is 0 Å². The number of hydrogen-bond acceptors (Lipinski definition) is 3. The molecule has 1 saturated carbocycles. The second kappa shape index (κ2) is 7.77. The molecule has 3 amide bonds. The molecular weight excluding hydrogens is 287 g/mol. The number of para-hydroxylation sites is 1. The van der Waals surface area contributed by atoms with Crippen LogP contribution in [0.15, 0.2) is 24.3 Å². The van der Waals surface area contributed by atoms with E-state index in [1.165, 1.54) is 31.5 Å². The van der Waals surface area contributed by atoms with Crippen molar-refractivity contribution in [3.05, 3.63) is 30.1 Å². The number of halogens is 1. The first kappa shape index (κ1) is 16.3. The van der Waals surface area contributed by atoms with E-state index in [2.05, 4.69) is 10.6 Å². The first-order valence-corrected chi connectivity index (χ1v) is 7.59. The molecule has 2 rings (SSSR count). The normalized spacial score (nSPS) is 16.6. The number of imide groups is 1. The van der Waals surface area contributed by atoms with Gasteiger partial charge in [0.2, 0.25) is 0 Å². The van der Waals surface area contributed by atoms with E-state index in [0.29, 0.717) is 0 Å². The summed E-state index contributed by atoms with van der Waals surface area (Å²) in [6.45, 7) is 1.47. The molecule has 0 aromatic heterocycles. The molecule has 1 aromatic carbocycles. The van der Waals surface area contributed by atoms with Crippen molar-refractivity contribution in [2.24, 2.45) is 0 Å². The molecule has 0 unspecified atom stereocenters. The average Bonchev–Trinajstić information content (AvgIpc) is 2.50. The van der Waals surface area contributed by atoms with Crippen molar-refractivity contribution >= 4 is 11.9 Å². The summed E-state index contributed by atoms with van der Waals surface area (Å²) >= 11 is 0. The monoisotopic (exact) mass is 308 g/mol. The summed E-state index contributed by atoms with van der Waals surface area (Å²) in [4.78, 5) is 23.7. The Morgan fingerprint density at radius 1 is 1.23 bits per heavy atom. The van der Waals surface area contributed by atoms with E-state index in [-0.39, 0.29) is 11.8 Å². The number of rotatable bonds is 4. The maximum atomic E-state index is 13.4. The molecule has 1 aliphatic rings. The number of amides is 3. The smallest absolute Gasteiger partial charge is 0.321 e. The Morgan fingerprint density at radius 2 is 1.91 bits per heavy atom. The highest BCUT2D eigenvalue weighted by molar-refractivity contribution is 5.96. The van der Waals surface area contributed by atoms with Crippen LogP contribution in [0.2, 0.25) is 0 Å². The Bertz CT molecular complexity index is 530. The number of urea groups is 1. The summed E-state index contributed by atoms with van der Waals surface area (Å²) in [6, 6.07) is 5.41. The lowest BCUT2D eigenvalue weighted by Gasteiger charge is -2.23. The molecule has 120 valence electrons. The van der Waals surface area contributed by atoms with Crippen LogP contribution in [0.5, 0.6) is 5.75 Å². The third-order valence-electron chi connectivity index (χ3n) is 3.69. The standard InChI is InChI=1S/C16H21FN2O3/c1-11(22-14-10-6-5-9-13(14)17)15(20)19-16(21)18-12-7-3-2-4-8-12/h5-6,9-12H,2-4,7-8H2,1H3,(H2,18,19,20,21)/t11-/m1/s1. The lowest BCUT2D eigenvalue weighted by atomic mass is 9.96. The number of carbonyl (C=O) groups excluding carboxylic acids is 2. The third kappa shape index (κ3) is 4.72. The van der Waals surface area contributed by atoms with Gasteiger partial charge < -0.3 is 10.1 Å². The summed E-state index contributed by atoms with van der Waals surface area (Å²) in [6.07, 6.45) is 4.27. The van der Waals surface area contributed by atoms with Crippen molar-refractivity contribution < 1.29 is 18.7 Å². The fraction of sp³-hybridized carbons (Fsp3) is 0.500. The highest BCUT2D eigenvalue weighted by Gasteiger charge is 2.21. The zero-order valence-corrected chi connectivity index (χ0v) is 12.6. The molecule has 2 N–H and O–H groups in total. The minimum Gasteiger partial charge on any atom is -0.478 e. The first-order chi connectivity index (χ1) is 10.6. The zero-order valence-electron chi connectivity index (χ0n) is 12.6. The SMILES string of the molecule is C[C@@H](Oc1ccccc1F)C(=O)NC(=O)NC1CCCCC1. The molecule has 5 nitrogen and oxygen atoms in total. The summed E-state index contributed by atoms with van der Waals surface area (Å²) in [5.74, 6) is -1.16. The van der Waals surface area contributed by atoms with E-state index in [1.807, 2.05) is 0 Å². The van der Waals surface area contributed by atoms with E-state index in [9.17, 15) is 14.0 Å². The van der Waals surface area contributed by atoms with Gasteiger partial charge in [-0.3, -0.25) is 10.1 Å². The molecule has 0 bridgehead atoms. The van der Waals surface area contributed by atoms with Gasteiger partial charge in [0.15, 0.2) is 17.7 Å². The summed E-state index contributed by atoms with van der Waals surface area (Å²) < 4.78 is 18.7. The van der Waals surface area contributed by atoms with E-state index in [4.69, 9.17) is 4.74 Å². The van der Waals surface area contributed by atoms with E-state index >= 15 is 0 Å². The van der Waals surface area contributed by atoms with Gasteiger partial charge >= 0.3 is 6.03 Å². The van der Waals surface area contributed by atoms with Gasteiger partial charge in [0.05, 0.1) is 0 Å². The predicted octanol–water partition coefficient (Wildman–Crippen LogP) is 2.75. The molecule has 1 aliphatic carbocycles. The maximum absolute atomic E-state index is 13.4. The second-order valence-electron chi connectivity index (χ2n) is 5.49. The highest BCUT2D eigenvalue weighted by atomic mass is 19.1. The van der Waals surface area contributed by atoms with Crippen LogP contribution in [0.1, 0.15) is 39.0 Å². The van der Waals surface area contributed by atoms with Gasteiger partial charge in [0.1, 0.15) is 0 Å². The maximum Gasteiger partial charge on any atom is 0.321 e. The summed E-state index contributed by atoms with van der Waals surface area (Å²) in [5.41, 5.74) is 0. The van der Waals surface area contributed by atoms with Crippen LogP contribution in [0.4, 0.5) is 9.18 Å². The lowest BCUT2D eigenvalue weighted by Crippen LogP contribution is -2.48. The van der Waals surface area contributed by atoms with Gasteiger partial charge in [-0.25, -0.2) is 9.18 Å². The van der Waals surface area contributed by atoms with Crippen LogP contribution in [0.3, 0.4) is 0 Å². The Balaban J connectivity index is 1.80. The molecule has 0 heterocycles. The molecular formula is C16H21FN2O3. The van der Waals surface area contributed by atoms with Crippen LogP contribution in [0.25, 0.3) is 0 Å². The fourth-order valence-electron chi connectivity index (χ4n) is 2.47. The molecule has 0 radical (unpaired) electrons. The van der Waals surface area contributed by atoms with Crippen molar-refractivity contribution in [1.82, 2.24) is 10.6 Å². The van der Waals surface area contributed by atoms with Gasteiger partial charge in [-0.1, -0.05) is 31.4 Å². The fourth-order valence-corrected chi connectivity index (χ4v) is 2.47. The minimum atomic E-state index is -0.964. The van der Waals surface area contributed by atoms with E-state index < -0.39 is 23.9 Å². The predicted molar refractivity (Wildman–Crippen MR) is 80.0 cm³/mol. The summed E-state index contributed by atoms with van der Waals surface area (Å²) in [7, 11) is 0. The second-order valence-corrected chi connectivity index (χ2v) is 5.49. The Labute approximate surface area is 129 Å². The molecule has 1 atom stereocenters. The van der Waals surface area contributed by atoms with Crippen molar-refractivity contribution in [3.63, 3.8) is 0 Å². The number of hydrogen-bond donors (Lipinski definition) is 2. The molecule has 22 heavy (non-hydrogen) atoms. The van der Waals surface area contributed by atoms with E-state index in [1.54, 1.807) is 6.07 Å². The van der Waals surface area contributed by atoms with Gasteiger partial charge in [-0.05, 0) is 31.9 Å². The molecule has 0 saturated heterocycles. The van der Waals surface area contributed by atoms with Gasteiger partial charge in [0.25, 0.3) is 5.91 Å². The molecule has 0 spiro atoms. The van der Waals surface area contributed by atoms with Gasteiger partial charge in [-0.15, -0.1) is 0 Å². The van der Waals surface area contributed by atoms with Crippen molar-refractivity contribution in [2.45, 2.75) is 51.2 Å². The van der Waals surface area contributed by atoms with E-state index in [0.717, 1.165) is 25.7 Å². The lowest BCUT2D eigenvalue weighted by molar-refractivity contribution is -0.126. The third-order valence-corrected chi connectivity index (χ3v) is 3.69. The van der Waals surface area contributed by atoms with Crippen molar-refractivity contribution in [3.8, 4) is 5.75 Å². The Hall–Kier alpha value is -2.11. The largest absolute Gasteiger partial charge is 0.478 e. The Morgan fingerprint density at radius 3 is 2.59 bits per heavy atom. The van der Waals surface area contributed by atoms with Crippen LogP contribution in [0, 0.1) is 5.82 Å². The number of nitrogens with one attached hydrogen (secondary N) is 2. The summed E-state index contributed by atoms with van der Waals surface area (Å²) in [5, 5.41) is 5.01. The first-order valence-electron chi connectivity index (χ1n) is 7.59. The number of benzene rings is 1. The number of ether oxygens (including phenoxy) is 1. The van der Waals surface area contributed by atoms with Gasteiger partial charge in [0, 0.05) is 6.04 Å².